The number of halogens is 2. The third-order valence-corrected chi connectivity index (χ3v) is 2.58. The van der Waals surface area contributed by atoms with Gasteiger partial charge in [0.15, 0.2) is 0 Å². The van der Waals surface area contributed by atoms with Crippen LogP contribution in [0.4, 0.5) is 0 Å². The van der Waals surface area contributed by atoms with E-state index in [-0.39, 0.29) is 18.3 Å². The van der Waals surface area contributed by atoms with Crippen LogP contribution in [0.15, 0.2) is 24.3 Å². The van der Waals surface area contributed by atoms with Crippen LogP contribution in [0, 0.1) is 0 Å². The van der Waals surface area contributed by atoms with Gasteiger partial charge in [-0.3, -0.25) is 4.79 Å². The van der Waals surface area contributed by atoms with Crippen molar-refractivity contribution in [3.63, 3.8) is 0 Å². The predicted molar refractivity (Wildman–Crippen MR) is 73.4 cm³/mol. The first kappa shape index (κ1) is 16.2. The highest BCUT2D eigenvalue weighted by molar-refractivity contribution is 6.30. The maximum atomic E-state index is 11.7. The van der Waals surface area contributed by atoms with E-state index >= 15 is 0 Å². The van der Waals surface area contributed by atoms with Crippen molar-refractivity contribution in [2.45, 2.75) is 26.4 Å². The topological polar surface area (TPSA) is 46.3 Å². The second-order valence-electron chi connectivity index (χ2n) is 3.77. The van der Waals surface area contributed by atoms with E-state index in [1.165, 1.54) is 0 Å². The van der Waals surface area contributed by atoms with Crippen LogP contribution in [-0.4, -0.2) is 23.4 Å². The van der Waals surface area contributed by atoms with Crippen molar-refractivity contribution in [3.8, 4) is 0 Å². The second kappa shape index (κ2) is 7.54. The average Bonchev–Trinajstić information content (AvgIpc) is 2.25. The highest BCUT2D eigenvalue weighted by Gasteiger charge is 2.15. The molecule has 1 amide bonds. The molecule has 1 aromatic carbocycles. The van der Waals surface area contributed by atoms with E-state index in [1.807, 2.05) is 31.2 Å². The fraction of sp³-hybridized carbons (Fsp3) is 0.417. The molecule has 2 N–H and O–H groups in total. The standard InChI is InChI=1S/C12H17ClN2O.ClH/c1-3-15(12(16)9(2)14)8-10-5-4-6-11(13)7-10;/h4-7,9H,3,8,14H2,1-2H3;1H/t9-;/m0./s1. The maximum absolute atomic E-state index is 11.7. The molecule has 1 aromatic rings. The zero-order valence-corrected chi connectivity index (χ0v) is 11.6. The molecule has 0 saturated carbocycles. The molecule has 3 nitrogen and oxygen atoms in total. The van der Waals surface area contributed by atoms with Gasteiger partial charge in [0.05, 0.1) is 6.04 Å². The van der Waals surface area contributed by atoms with Crippen molar-refractivity contribution in [1.29, 1.82) is 0 Å². The molecule has 0 aliphatic heterocycles. The Morgan fingerprint density at radius 2 is 2.18 bits per heavy atom. The van der Waals surface area contributed by atoms with Gasteiger partial charge in [-0.2, -0.15) is 0 Å². The van der Waals surface area contributed by atoms with Gasteiger partial charge in [0.25, 0.3) is 0 Å². The normalized spacial score (nSPS) is 11.5. The number of benzene rings is 1. The van der Waals surface area contributed by atoms with Crippen LogP contribution in [0.25, 0.3) is 0 Å². The van der Waals surface area contributed by atoms with E-state index < -0.39 is 6.04 Å². The molecule has 0 aromatic heterocycles. The number of rotatable bonds is 4. The van der Waals surface area contributed by atoms with Crippen molar-refractivity contribution in [2.24, 2.45) is 5.73 Å². The lowest BCUT2D eigenvalue weighted by molar-refractivity contribution is -0.132. The SMILES string of the molecule is CCN(Cc1cccc(Cl)c1)C(=O)[C@H](C)N.Cl. The van der Waals surface area contributed by atoms with Gasteiger partial charge in [0, 0.05) is 18.1 Å². The minimum atomic E-state index is -0.459. The quantitative estimate of drug-likeness (QED) is 0.918. The molecule has 0 heterocycles. The largest absolute Gasteiger partial charge is 0.337 e. The number of nitrogens with two attached hydrogens (primary N) is 1. The van der Waals surface area contributed by atoms with Gasteiger partial charge in [0.1, 0.15) is 0 Å². The summed E-state index contributed by atoms with van der Waals surface area (Å²) in [5.74, 6) is -0.0394. The molecule has 0 aliphatic rings. The van der Waals surface area contributed by atoms with E-state index in [2.05, 4.69) is 0 Å². The summed E-state index contributed by atoms with van der Waals surface area (Å²) in [6.07, 6.45) is 0. The summed E-state index contributed by atoms with van der Waals surface area (Å²) in [5, 5.41) is 0.682. The fourth-order valence-corrected chi connectivity index (χ4v) is 1.70. The van der Waals surface area contributed by atoms with Gasteiger partial charge in [-0.15, -0.1) is 12.4 Å². The number of amides is 1. The Balaban J connectivity index is 0.00000256. The summed E-state index contributed by atoms with van der Waals surface area (Å²) < 4.78 is 0. The molecule has 0 aliphatic carbocycles. The van der Waals surface area contributed by atoms with Gasteiger partial charge in [-0.25, -0.2) is 0 Å². The van der Waals surface area contributed by atoms with Crippen LogP contribution < -0.4 is 5.73 Å². The molecule has 1 rings (SSSR count). The molecule has 96 valence electrons. The Bertz CT molecular complexity index is 369. The summed E-state index contributed by atoms with van der Waals surface area (Å²) in [6, 6.07) is 7.04. The molecular weight excluding hydrogens is 259 g/mol. The lowest BCUT2D eigenvalue weighted by atomic mass is 10.2. The Kier molecular flexibility index (Phi) is 7.19. The van der Waals surface area contributed by atoms with Crippen molar-refractivity contribution in [2.75, 3.05) is 6.54 Å². The van der Waals surface area contributed by atoms with Crippen LogP contribution in [0.1, 0.15) is 19.4 Å². The molecular formula is C12H18Cl2N2O. The fourth-order valence-electron chi connectivity index (χ4n) is 1.49. The summed E-state index contributed by atoms with van der Waals surface area (Å²) in [4.78, 5) is 13.4. The Hall–Kier alpha value is -0.770. The third-order valence-electron chi connectivity index (χ3n) is 2.35. The number of hydrogen-bond donors (Lipinski definition) is 1. The Morgan fingerprint density at radius 3 is 2.65 bits per heavy atom. The minimum absolute atomic E-state index is 0. The number of nitrogens with zero attached hydrogens (tertiary/aromatic N) is 1. The first-order chi connectivity index (χ1) is 7.54. The lowest BCUT2D eigenvalue weighted by Crippen LogP contribution is -2.41. The molecule has 17 heavy (non-hydrogen) atoms. The van der Waals surface area contributed by atoms with Crippen LogP contribution in [0.2, 0.25) is 5.02 Å². The molecule has 0 saturated heterocycles. The van der Waals surface area contributed by atoms with Crippen LogP contribution >= 0.6 is 24.0 Å². The minimum Gasteiger partial charge on any atom is -0.337 e. The molecule has 1 atom stereocenters. The average molecular weight is 277 g/mol. The van der Waals surface area contributed by atoms with Gasteiger partial charge < -0.3 is 10.6 Å². The van der Waals surface area contributed by atoms with Crippen LogP contribution in [0.5, 0.6) is 0 Å². The van der Waals surface area contributed by atoms with Gasteiger partial charge in [-0.05, 0) is 31.5 Å². The molecule has 0 radical (unpaired) electrons. The van der Waals surface area contributed by atoms with E-state index in [9.17, 15) is 4.79 Å². The third kappa shape index (κ3) is 4.94. The van der Waals surface area contributed by atoms with E-state index in [0.29, 0.717) is 18.1 Å². The molecule has 0 spiro atoms. The van der Waals surface area contributed by atoms with Crippen LogP contribution in [0.3, 0.4) is 0 Å². The molecule has 0 fully saturated rings. The predicted octanol–water partition coefficient (Wildman–Crippen LogP) is 2.46. The summed E-state index contributed by atoms with van der Waals surface area (Å²) in [5.41, 5.74) is 6.60. The smallest absolute Gasteiger partial charge is 0.239 e. The van der Waals surface area contributed by atoms with E-state index in [0.717, 1.165) is 5.56 Å². The Labute approximate surface area is 113 Å². The first-order valence-electron chi connectivity index (χ1n) is 5.33. The summed E-state index contributed by atoms with van der Waals surface area (Å²) in [7, 11) is 0. The highest BCUT2D eigenvalue weighted by Crippen LogP contribution is 2.13. The molecule has 0 unspecified atom stereocenters. The van der Waals surface area contributed by atoms with E-state index in [1.54, 1.807) is 11.8 Å². The van der Waals surface area contributed by atoms with Crippen molar-refractivity contribution < 1.29 is 4.79 Å². The summed E-state index contributed by atoms with van der Waals surface area (Å²) in [6.45, 7) is 4.83. The lowest BCUT2D eigenvalue weighted by Gasteiger charge is -2.22. The van der Waals surface area contributed by atoms with Crippen molar-refractivity contribution in [3.05, 3.63) is 34.9 Å². The summed E-state index contributed by atoms with van der Waals surface area (Å²) >= 11 is 5.89. The second-order valence-corrected chi connectivity index (χ2v) is 4.21. The number of carbonyl (C=O) groups excluding carboxylic acids is 1. The molecule has 0 bridgehead atoms. The maximum Gasteiger partial charge on any atom is 0.239 e. The number of likely N-dealkylation sites (N-methyl/N-ethyl adjacent to an activating group) is 1. The van der Waals surface area contributed by atoms with Crippen molar-refractivity contribution >= 4 is 29.9 Å². The highest BCUT2D eigenvalue weighted by atomic mass is 35.5. The molecule has 5 heteroatoms. The zero-order valence-electron chi connectivity index (χ0n) is 10.0. The number of hydrogen-bond acceptors (Lipinski definition) is 2. The van der Waals surface area contributed by atoms with E-state index in [4.69, 9.17) is 17.3 Å². The zero-order chi connectivity index (χ0) is 12.1. The van der Waals surface area contributed by atoms with Gasteiger partial charge >= 0.3 is 0 Å². The Morgan fingerprint density at radius 1 is 1.53 bits per heavy atom. The number of carbonyl (C=O) groups is 1. The monoisotopic (exact) mass is 276 g/mol. The van der Waals surface area contributed by atoms with Crippen LogP contribution in [-0.2, 0) is 11.3 Å². The first-order valence-corrected chi connectivity index (χ1v) is 5.71. The van der Waals surface area contributed by atoms with Gasteiger partial charge in [0.2, 0.25) is 5.91 Å². The van der Waals surface area contributed by atoms with Gasteiger partial charge in [-0.1, -0.05) is 23.7 Å². The van der Waals surface area contributed by atoms with Crippen molar-refractivity contribution in [1.82, 2.24) is 4.90 Å².